The molecule has 5 nitrogen and oxygen atoms in total. The normalized spacial score (nSPS) is 11.7. The van der Waals surface area contributed by atoms with Gasteiger partial charge in [0.1, 0.15) is 5.75 Å². The molecule has 3 N–H and O–H groups in total. The number of aliphatic imine (C=N–C) groups is 1. The molecule has 0 aliphatic rings. The molecule has 0 aliphatic carbocycles. The van der Waals surface area contributed by atoms with Crippen LogP contribution in [-0.4, -0.2) is 32.3 Å². The number of hydrogen-bond donors (Lipinski definition) is 2. The maximum Gasteiger partial charge on any atom is 0.193 e. The van der Waals surface area contributed by atoms with Crippen LogP contribution in [0.4, 0.5) is 5.69 Å². The van der Waals surface area contributed by atoms with Gasteiger partial charge in [-0.2, -0.15) is 0 Å². The lowest BCUT2D eigenvalue weighted by molar-refractivity contribution is 0.0783. The average molecular weight is 265 g/mol. The molecule has 106 valence electrons. The third kappa shape index (κ3) is 6.67. The number of nitrogens with zero attached hydrogens (tertiary/aromatic N) is 1. The molecule has 1 aromatic carbocycles. The van der Waals surface area contributed by atoms with E-state index in [0.29, 0.717) is 19.1 Å². The molecule has 0 bridgehead atoms. The first-order valence-electron chi connectivity index (χ1n) is 6.44. The van der Waals surface area contributed by atoms with Crippen molar-refractivity contribution in [3.63, 3.8) is 0 Å². The molecule has 0 heterocycles. The van der Waals surface area contributed by atoms with Gasteiger partial charge in [-0.05, 0) is 32.4 Å². The van der Waals surface area contributed by atoms with Crippen LogP contribution in [0.1, 0.15) is 20.3 Å². The fraction of sp³-hybridized carbons (Fsp3) is 0.500. The van der Waals surface area contributed by atoms with E-state index in [1.165, 1.54) is 0 Å². The molecule has 0 spiro atoms. The summed E-state index contributed by atoms with van der Waals surface area (Å²) in [5, 5.41) is 3.02. The van der Waals surface area contributed by atoms with Gasteiger partial charge in [0.25, 0.3) is 0 Å². The minimum atomic E-state index is 0.260. The lowest BCUT2D eigenvalue weighted by atomic mass is 10.3. The Morgan fingerprint density at radius 2 is 2.21 bits per heavy atom. The molecule has 0 aromatic heterocycles. The minimum Gasteiger partial charge on any atom is -0.497 e. The van der Waals surface area contributed by atoms with Crippen LogP contribution in [0.5, 0.6) is 5.75 Å². The standard InChI is InChI=1S/C14H23N3O2/c1-11(2)19-9-5-8-16-14(15)17-12-6-4-7-13(10-12)18-3/h4,6-7,10-11H,5,8-9H2,1-3H3,(H3,15,16,17). The van der Waals surface area contributed by atoms with E-state index in [9.17, 15) is 0 Å². The molecule has 0 saturated carbocycles. The Morgan fingerprint density at radius 3 is 2.89 bits per heavy atom. The van der Waals surface area contributed by atoms with Crippen LogP contribution in [0.25, 0.3) is 0 Å². The smallest absolute Gasteiger partial charge is 0.193 e. The Morgan fingerprint density at radius 1 is 1.42 bits per heavy atom. The van der Waals surface area contributed by atoms with Crippen molar-refractivity contribution >= 4 is 11.6 Å². The fourth-order valence-electron chi connectivity index (χ4n) is 1.47. The Kier molecular flexibility index (Phi) is 6.74. The molecule has 0 saturated heterocycles. The van der Waals surface area contributed by atoms with Crippen molar-refractivity contribution in [3.8, 4) is 5.75 Å². The van der Waals surface area contributed by atoms with Crippen LogP contribution in [-0.2, 0) is 4.74 Å². The summed E-state index contributed by atoms with van der Waals surface area (Å²) in [6.45, 7) is 5.38. The van der Waals surface area contributed by atoms with Crippen molar-refractivity contribution in [1.82, 2.24) is 0 Å². The predicted octanol–water partition coefficient (Wildman–Crippen LogP) is 2.24. The molecule has 0 amide bonds. The van der Waals surface area contributed by atoms with Crippen molar-refractivity contribution < 1.29 is 9.47 Å². The average Bonchev–Trinajstić information content (AvgIpc) is 2.38. The zero-order valence-corrected chi connectivity index (χ0v) is 11.8. The Balaban J connectivity index is 2.34. The summed E-state index contributed by atoms with van der Waals surface area (Å²) in [5.74, 6) is 1.18. The van der Waals surface area contributed by atoms with E-state index in [1.54, 1.807) is 7.11 Å². The topological polar surface area (TPSA) is 68.9 Å². The SMILES string of the molecule is COc1cccc(NC(N)=NCCCOC(C)C)c1. The van der Waals surface area contributed by atoms with E-state index in [-0.39, 0.29) is 6.10 Å². The van der Waals surface area contributed by atoms with Gasteiger partial charge in [0.15, 0.2) is 5.96 Å². The zero-order valence-electron chi connectivity index (χ0n) is 11.8. The van der Waals surface area contributed by atoms with E-state index in [2.05, 4.69) is 10.3 Å². The van der Waals surface area contributed by atoms with Gasteiger partial charge in [-0.25, -0.2) is 0 Å². The molecule has 0 unspecified atom stereocenters. The number of methoxy groups -OCH3 is 1. The van der Waals surface area contributed by atoms with Crippen molar-refractivity contribution in [2.45, 2.75) is 26.4 Å². The maximum atomic E-state index is 5.80. The van der Waals surface area contributed by atoms with Crippen LogP contribution < -0.4 is 15.8 Å². The quantitative estimate of drug-likeness (QED) is 0.450. The number of nitrogens with two attached hydrogens (primary N) is 1. The number of ether oxygens (including phenoxy) is 2. The molecule has 1 rings (SSSR count). The second-order valence-corrected chi connectivity index (χ2v) is 4.40. The van der Waals surface area contributed by atoms with Gasteiger partial charge in [0.05, 0.1) is 13.2 Å². The third-order valence-electron chi connectivity index (χ3n) is 2.38. The van der Waals surface area contributed by atoms with Gasteiger partial charge in [0.2, 0.25) is 0 Å². The van der Waals surface area contributed by atoms with Gasteiger partial charge in [0, 0.05) is 24.9 Å². The Bertz CT molecular complexity index is 405. The van der Waals surface area contributed by atoms with E-state index in [1.807, 2.05) is 38.1 Å². The second kappa shape index (κ2) is 8.37. The van der Waals surface area contributed by atoms with Crippen molar-refractivity contribution in [1.29, 1.82) is 0 Å². The van der Waals surface area contributed by atoms with Crippen molar-refractivity contribution in [2.75, 3.05) is 25.6 Å². The molecule has 0 radical (unpaired) electrons. The largest absolute Gasteiger partial charge is 0.497 e. The fourth-order valence-corrected chi connectivity index (χ4v) is 1.47. The summed E-state index contributed by atoms with van der Waals surface area (Å²) in [7, 11) is 1.63. The highest BCUT2D eigenvalue weighted by Crippen LogP contribution is 2.16. The molecular weight excluding hydrogens is 242 g/mol. The minimum absolute atomic E-state index is 0.260. The first-order chi connectivity index (χ1) is 9.11. The summed E-state index contributed by atoms with van der Waals surface area (Å²) in [5.41, 5.74) is 6.66. The Labute approximate surface area is 114 Å². The lowest BCUT2D eigenvalue weighted by Gasteiger charge is -2.08. The lowest BCUT2D eigenvalue weighted by Crippen LogP contribution is -2.23. The number of rotatable bonds is 7. The summed E-state index contributed by atoms with van der Waals surface area (Å²) in [6.07, 6.45) is 1.12. The van der Waals surface area contributed by atoms with Gasteiger partial charge in [-0.3, -0.25) is 4.99 Å². The van der Waals surface area contributed by atoms with Crippen LogP contribution in [0.2, 0.25) is 0 Å². The van der Waals surface area contributed by atoms with Gasteiger partial charge in [-0.15, -0.1) is 0 Å². The second-order valence-electron chi connectivity index (χ2n) is 4.40. The highest BCUT2D eigenvalue weighted by molar-refractivity contribution is 5.92. The number of benzene rings is 1. The third-order valence-corrected chi connectivity index (χ3v) is 2.38. The predicted molar refractivity (Wildman–Crippen MR) is 78.8 cm³/mol. The number of guanidine groups is 1. The van der Waals surface area contributed by atoms with Gasteiger partial charge >= 0.3 is 0 Å². The first-order valence-corrected chi connectivity index (χ1v) is 6.44. The van der Waals surface area contributed by atoms with Crippen LogP contribution in [0.15, 0.2) is 29.3 Å². The van der Waals surface area contributed by atoms with Crippen molar-refractivity contribution in [2.24, 2.45) is 10.7 Å². The molecule has 0 fully saturated rings. The molecule has 19 heavy (non-hydrogen) atoms. The monoisotopic (exact) mass is 265 g/mol. The van der Waals surface area contributed by atoms with Crippen LogP contribution in [0.3, 0.4) is 0 Å². The molecule has 0 aliphatic heterocycles. The van der Waals surface area contributed by atoms with Gasteiger partial charge < -0.3 is 20.5 Å². The van der Waals surface area contributed by atoms with Gasteiger partial charge in [-0.1, -0.05) is 6.07 Å². The van der Waals surface area contributed by atoms with Crippen molar-refractivity contribution in [3.05, 3.63) is 24.3 Å². The molecule has 0 atom stereocenters. The molecule has 5 heteroatoms. The number of anilines is 1. The number of hydrogen-bond acceptors (Lipinski definition) is 3. The number of nitrogens with one attached hydrogen (secondary N) is 1. The van der Waals surface area contributed by atoms with E-state index in [0.717, 1.165) is 17.9 Å². The van der Waals surface area contributed by atoms with E-state index in [4.69, 9.17) is 15.2 Å². The molecular formula is C14H23N3O2. The zero-order chi connectivity index (χ0) is 14.1. The Hall–Kier alpha value is -1.75. The van der Waals surface area contributed by atoms with Crippen LogP contribution >= 0.6 is 0 Å². The molecule has 1 aromatic rings. The summed E-state index contributed by atoms with van der Waals surface area (Å²) < 4.78 is 10.6. The summed E-state index contributed by atoms with van der Waals surface area (Å²) >= 11 is 0. The summed E-state index contributed by atoms with van der Waals surface area (Å²) in [4.78, 5) is 4.23. The van der Waals surface area contributed by atoms with E-state index < -0.39 is 0 Å². The highest BCUT2D eigenvalue weighted by Gasteiger charge is 1.97. The summed E-state index contributed by atoms with van der Waals surface area (Å²) in [6, 6.07) is 7.55. The van der Waals surface area contributed by atoms with E-state index >= 15 is 0 Å². The first kappa shape index (κ1) is 15.3. The highest BCUT2D eigenvalue weighted by atomic mass is 16.5. The maximum absolute atomic E-state index is 5.80. The van der Waals surface area contributed by atoms with Crippen LogP contribution in [0, 0.1) is 0 Å².